The van der Waals surface area contributed by atoms with E-state index in [4.69, 9.17) is 0 Å². The Kier molecular flexibility index (Phi) is 2.74. The molecule has 0 amide bonds. The summed E-state index contributed by atoms with van der Waals surface area (Å²) in [5, 5.41) is 2.78. The summed E-state index contributed by atoms with van der Waals surface area (Å²) in [4.78, 5) is 17.9. The lowest BCUT2D eigenvalue weighted by molar-refractivity contribution is -0.141. The number of hydrogen-bond donors (Lipinski definition) is 2. The van der Waals surface area contributed by atoms with Gasteiger partial charge in [-0.05, 0) is 12.1 Å². The van der Waals surface area contributed by atoms with Crippen LogP contribution in [0.5, 0.6) is 0 Å². The van der Waals surface area contributed by atoms with Gasteiger partial charge in [-0.3, -0.25) is 4.98 Å². The number of alkyl halides is 3. The monoisotopic (exact) mass is 280 g/mol. The van der Waals surface area contributed by atoms with Crippen molar-refractivity contribution in [3.8, 4) is 0 Å². The quantitative estimate of drug-likeness (QED) is 0.754. The fourth-order valence-corrected chi connectivity index (χ4v) is 1.66. The maximum absolute atomic E-state index is 12.6. The maximum Gasteiger partial charge on any atom is 0.433 e. The average Bonchev–Trinajstić information content (AvgIpc) is 2.87. The Labute approximate surface area is 110 Å². The highest BCUT2D eigenvalue weighted by Crippen LogP contribution is 2.29. The van der Waals surface area contributed by atoms with E-state index >= 15 is 0 Å². The minimum absolute atomic E-state index is 0.224. The molecule has 3 aromatic heterocycles. The van der Waals surface area contributed by atoms with Crippen molar-refractivity contribution in [3.05, 3.63) is 36.7 Å². The van der Waals surface area contributed by atoms with E-state index in [2.05, 4.69) is 30.2 Å². The third-order valence-corrected chi connectivity index (χ3v) is 2.54. The van der Waals surface area contributed by atoms with Gasteiger partial charge in [0.15, 0.2) is 11.5 Å². The van der Waals surface area contributed by atoms with Crippen LogP contribution in [0.15, 0.2) is 31.0 Å². The average molecular weight is 280 g/mol. The first kappa shape index (κ1) is 12.3. The summed E-state index contributed by atoms with van der Waals surface area (Å²) in [6, 6.07) is 2.32. The number of rotatable bonds is 2. The molecule has 0 saturated heterocycles. The van der Waals surface area contributed by atoms with Gasteiger partial charge in [-0.15, -0.1) is 0 Å². The number of pyridine rings is 1. The van der Waals surface area contributed by atoms with Gasteiger partial charge in [0.1, 0.15) is 17.5 Å². The van der Waals surface area contributed by atoms with Crippen molar-refractivity contribution >= 4 is 22.7 Å². The number of nitrogens with zero attached hydrogens (tertiary/aromatic N) is 4. The summed E-state index contributed by atoms with van der Waals surface area (Å²) in [7, 11) is 0. The normalized spacial score (nSPS) is 11.8. The number of aromatic amines is 1. The molecule has 20 heavy (non-hydrogen) atoms. The SMILES string of the molecule is FC(F)(F)c1cc(Nc2ncnc3nc[nH]c23)ccn1. The van der Waals surface area contributed by atoms with Crippen molar-refractivity contribution in [2.24, 2.45) is 0 Å². The van der Waals surface area contributed by atoms with E-state index in [1.54, 1.807) is 0 Å². The van der Waals surface area contributed by atoms with Crippen LogP contribution in [0, 0.1) is 0 Å². The number of aromatic nitrogens is 5. The van der Waals surface area contributed by atoms with Crippen LogP contribution >= 0.6 is 0 Å². The molecule has 0 saturated carbocycles. The molecule has 3 rings (SSSR count). The molecule has 0 unspecified atom stereocenters. The first-order chi connectivity index (χ1) is 9.54. The van der Waals surface area contributed by atoms with E-state index in [1.165, 1.54) is 18.7 Å². The lowest BCUT2D eigenvalue weighted by atomic mass is 10.3. The number of imidazole rings is 1. The number of hydrogen-bond acceptors (Lipinski definition) is 5. The molecule has 0 atom stereocenters. The number of nitrogens with one attached hydrogen (secondary N) is 2. The van der Waals surface area contributed by atoms with E-state index < -0.39 is 11.9 Å². The largest absolute Gasteiger partial charge is 0.433 e. The fraction of sp³-hybridized carbons (Fsp3) is 0.0909. The van der Waals surface area contributed by atoms with E-state index in [9.17, 15) is 13.2 Å². The Balaban J connectivity index is 1.97. The highest BCUT2D eigenvalue weighted by Gasteiger charge is 2.32. The second-order valence-electron chi connectivity index (χ2n) is 3.88. The zero-order valence-corrected chi connectivity index (χ0v) is 9.81. The van der Waals surface area contributed by atoms with Gasteiger partial charge in [-0.2, -0.15) is 13.2 Å². The van der Waals surface area contributed by atoms with Crippen molar-refractivity contribution in [2.75, 3.05) is 5.32 Å². The number of halogens is 3. The van der Waals surface area contributed by atoms with E-state index in [1.807, 2.05) is 0 Å². The topological polar surface area (TPSA) is 79.4 Å². The maximum atomic E-state index is 12.6. The van der Waals surface area contributed by atoms with Crippen LogP contribution in [0.2, 0.25) is 0 Å². The standard InChI is InChI=1S/C11H7F3N6/c12-11(13,14)7-3-6(1-2-15-7)20-10-8-9(17-4-16-8)18-5-19-10/h1-5H,(H2,15,16,17,18,19,20). The molecule has 0 bridgehead atoms. The van der Waals surface area contributed by atoms with Gasteiger partial charge in [0.05, 0.1) is 6.33 Å². The zero-order valence-electron chi connectivity index (χ0n) is 9.81. The van der Waals surface area contributed by atoms with Gasteiger partial charge in [0.25, 0.3) is 0 Å². The molecule has 0 aliphatic heterocycles. The van der Waals surface area contributed by atoms with Crippen LogP contribution in [0.4, 0.5) is 24.7 Å². The zero-order chi connectivity index (χ0) is 14.2. The number of H-pyrrole nitrogens is 1. The summed E-state index contributed by atoms with van der Waals surface area (Å²) >= 11 is 0. The van der Waals surface area contributed by atoms with Crippen LogP contribution in [-0.2, 0) is 6.18 Å². The van der Waals surface area contributed by atoms with Crippen molar-refractivity contribution in [3.63, 3.8) is 0 Å². The fourth-order valence-electron chi connectivity index (χ4n) is 1.66. The molecule has 0 aliphatic rings. The number of fused-ring (bicyclic) bond motifs is 1. The molecular formula is C11H7F3N6. The molecule has 0 radical (unpaired) electrons. The van der Waals surface area contributed by atoms with Crippen molar-refractivity contribution in [1.29, 1.82) is 0 Å². The third kappa shape index (κ3) is 2.25. The summed E-state index contributed by atoms with van der Waals surface area (Å²) in [6.07, 6.45) is -0.710. The Morgan fingerprint density at radius 1 is 1.10 bits per heavy atom. The summed E-state index contributed by atoms with van der Waals surface area (Å²) in [5.74, 6) is 0.340. The van der Waals surface area contributed by atoms with Gasteiger partial charge in [0, 0.05) is 11.9 Å². The predicted octanol–water partition coefficient (Wildman–Crippen LogP) is 2.51. The summed E-state index contributed by atoms with van der Waals surface area (Å²) in [5.41, 5.74) is 0.185. The van der Waals surface area contributed by atoms with Gasteiger partial charge >= 0.3 is 6.18 Å². The minimum atomic E-state index is -4.49. The van der Waals surface area contributed by atoms with E-state index in [-0.39, 0.29) is 5.69 Å². The van der Waals surface area contributed by atoms with Crippen molar-refractivity contribution < 1.29 is 13.2 Å². The molecule has 0 spiro atoms. The van der Waals surface area contributed by atoms with Crippen LogP contribution in [-0.4, -0.2) is 24.9 Å². The van der Waals surface area contributed by atoms with E-state index in [0.29, 0.717) is 17.0 Å². The Morgan fingerprint density at radius 2 is 1.95 bits per heavy atom. The van der Waals surface area contributed by atoms with Gasteiger partial charge in [0.2, 0.25) is 0 Å². The summed E-state index contributed by atoms with van der Waals surface area (Å²) < 4.78 is 37.7. The Morgan fingerprint density at radius 3 is 2.75 bits per heavy atom. The van der Waals surface area contributed by atoms with Crippen LogP contribution in [0.25, 0.3) is 11.2 Å². The first-order valence-corrected chi connectivity index (χ1v) is 5.48. The second kappa shape index (κ2) is 4.44. The van der Waals surface area contributed by atoms with Crippen LogP contribution in [0.3, 0.4) is 0 Å². The van der Waals surface area contributed by atoms with Gasteiger partial charge < -0.3 is 10.3 Å². The van der Waals surface area contributed by atoms with Crippen molar-refractivity contribution in [2.45, 2.75) is 6.18 Å². The summed E-state index contributed by atoms with van der Waals surface area (Å²) in [6.45, 7) is 0. The number of anilines is 2. The van der Waals surface area contributed by atoms with Gasteiger partial charge in [-0.25, -0.2) is 15.0 Å². The Bertz CT molecular complexity index is 751. The van der Waals surface area contributed by atoms with E-state index in [0.717, 1.165) is 12.3 Å². The molecule has 2 N–H and O–H groups in total. The molecular weight excluding hydrogens is 273 g/mol. The van der Waals surface area contributed by atoms with Gasteiger partial charge in [-0.1, -0.05) is 0 Å². The smallest absolute Gasteiger partial charge is 0.340 e. The first-order valence-electron chi connectivity index (χ1n) is 5.48. The highest BCUT2D eigenvalue weighted by molar-refractivity contribution is 5.84. The molecule has 3 aromatic rings. The lowest BCUT2D eigenvalue weighted by Gasteiger charge is -2.09. The second-order valence-corrected chi connectivity index (χ2v) is 3.88. The Hall–Kier alpha value is -2.71. The molecule has 0 aromatic carbocycles. The molecule has 0 fully saturated rings. The van der Waals surface area contributed by atoms with Crippen LogP contribution in [0.1, 0.15) is 5.69 Å². The third-order valence-electron chi connectivity index (χ3n) is 2.54. The molecule has 102 valence electrons. The molecule has 0 aliphatic carbocycles. The molecule has 3 heterocycles. The molecule has 6 nitrogen and oxygen atoms in total. The molecule has 9 heteroatoms. The minimum Gasteiger partial charge on any atom is -0.340 e. The predicted molar refractivity (Wildman–Crippen MR) is 64.2 cm³/mol. The van der Waals surface area contributed by atoms with Crippen molar-refractivity contribution in [1.82, 2.24) is 24.9 Å². The lowest BCUT2D eigenvalue weighted by Crippen LogP contribution is -2.08. The van der Waals surface area contributed by atoms with Crippen LogP contribution < -0.4 is 5.32 Å². The highest BCUT2D eigenvalue weighted by atomic mass is 19.4.